The van der Waals surface area contributed by atoms with Gasteiger partial charge >= 0.3 is 0 Å². The summed E-state index contributed by atoms with van der Waals surface area (Å²) >= 11 is 5.94. The number of unbranched alkanes of at least 4 members (excludes halogenated alkanes) is 1. The average molecular weight is 274 g/mol. The molecule has 6 heteroatoms. The van der Waals surface area contributed by atoms with E-state index in [2.05, 4.69) is 22.2 Å². The standard InChI is InChI=1S/C12H20ClN3O2/c1-3-5-6-17-7-8-18-11-10(13)9-15-12(16-11)14-4-2/h9H,3-8H2,1-2H3,(H,14,15,16). The summed E-state index contributed by atoms with van der Waals surface area (Å²) in [6, 6.07) is 0. The van der Waals surface area contributed by atoms with E-state index in [1.807, 2.05) is 6.92 Å². The summed E-state index contributed by atoms with van der Waals surface area (Å²) in [6.07, 6.45) is 3.73. The average Bonchev–Trinajstić information content (AvgIpc) is 2.37. The molecule has 0 aromatic carbocycles. The Morgan fingerprint density at radius 2 is 2.11 bits per heavy atom. The molecular formula is C12H20ClN3O2. The van der Waals surface area contributed by atoms with Crippen molar-refractivity contribution in [2.24, 2.45) is 0 Å². The third kappa shape index (κ3) is 5.51. The number of hydrogen-bond donors (Lipinski definition) is 1. The molecule has 1 rings (SSSR count). The molecule has 18 heavy (non-hydrogen) atoms. The molecule has 102 valence electrons. The Morgan fingerprint density at radius 1 is 1.28 bits per heavy atom. The topological polar surface area (TPSA) is 56.3 Å². The van der Waals surface area contributed by atoms with Crippen LogP contribution in [0.15, 0.2) is 6.20 Å². The van der Waals surface area contributed by atoms with Crippen molar-refractivity contribution in [1.82, 2.24) is 9.97 Å². The van der Waals surface area contributed by atoms with E-state index < -0.39 is 0 Å². The Bertz CT molecular complexity index is 350. The van der Waals surface area contributed by atoms with E-state index in [9.17, 15) is 0 Å². The molecule has 1 aromatic heterocycles. The lowest BCUT2D eigenvalue weighted by Gasteiger charge is -2.09. The fraction of sp³-hybridized carbons (Fsp3) is 0.667. The molecule has 0 saturated carbocycles. The largest absolute Gasteiger partial charge is 0.474 e. The highest BCUT2D eigenvalue weighted by Gasteiger charge is 2.05. The van der Waals surface area contributed by atoms with E-state index in [4.69, 9.17) is 21.1 Å². The van der Waals surface area contributed by atoms with Gasteiger partial charge in [-0.2, -0.15) is 4.98 Å². The van der Waals surface area contributed by atoms with Crippen LogP contribution in [0.4, 0.5) is 5.95 Å². The second-order valence-corrected chi connectivity index (χ2v) is 4.10. The van der Waals surface area contributed by atoms with Crippen molar-refractivity contribution in [1.29, 1.82) is 0 Å². The summed E-state index contributed by atoms with van der Waals surface area (Å²) in [4.78, 5) is 8.20. The third-order valence-electron chi connectivity index (χ3n) is 2.16. The zero-order valence-electron chi connectivity index (χ0n) is 10.9. The Labute approximate surface area is 113 Å². The Morgan fingerprint density at radius 3 is 2.83 bits per heavy atom. The second kappa shape index (κ2) is 8.94. The van der Waals surface area contributed by atoms with Crippen molar-refractivity contribution in [2.75, 3.05) is 31.7 Å². The van der Waals surface area contributed by atoms with E-state index in [1.54, 1.807) is 0 Å². The van der Waals surface area contributed by atoms with Gasteiger partial charge in [0.2, 0.25) is 11.8 Å². The molecule has 0 bridgehead atoms. The number of anilines is 1. The molecule has 5 nitrogen and oxygen atoms in total. The maximum atomic E-state index is 5.94. The molecule has 0 amide bonds. The number of halogens is 1. The number of rotatable bonds is 9. The van der Waals surface area contributed by atoms with Gasteiger partial charge in [0, 0.05) is 13.2 Å². The van der Waals surface area contributed by atoms with E-state index in [-0.39, 0.29) is 0 Å². The molecule has 0 atom stereocenters. The minimum Gasteiger partial charge on any atom is -0.474 e. The van der Waals surface area contributed by atoms with Gasteiger partial charge in [0.15, 0.2) is 0 Å². The van der Waals surface area contributed by atoms with Gasteiger partial charge in [0.25, 0.3) is 0 Å². The molecule has 0 aliphatic carbocycles. The summed E-state index contributed by atoms with van der Waals surface area (Å²) < 4.78 is 10.8. The molecule has 1 aromatic rings. The van der Waals surface area contributed by atoms with Crippen LogP contribution < -0.4 is 10.1 Å². The Kier molecular flexibility index (Phi) is 7.44. The van der Waals surface area contributed by atoms with Crippen LogP contribution in [-0.2, 0) is 4.74 Å². The third-order valence-corrected chi connectivity index (χ3v) is 2.41. The molecule has 0 aliphatic rings. The highest BCUT2D eigenvalue weighted by atomic mass is 35.5. The number of nitrogens with one attached hydrogen (secondary N) is 1. The van der Waals surface area contributed by atoms with Crippen LogP contribution in [-0.4, -0.2) is 36.3 Å². The SMILES string of the molecule is CCCCOCCOc1nc(NCC)ncc1Cl. The van der Waals surface area contributed by atoms with Gasteiger partial charge in [0.1, 0.15) is 11.6 Å². The maximum absolute atomic E-state index is 5.94. The number of aromatic nitrogens is 2. The van der Waals surface area contributed by atoms with Gasteiger partial charge in [-0.25, -0.2) is 4.98 Å². The van der Waals surface area contributed by atoms with E-state index in [0.717, 1.165) is 26.0 Å². The predicted molar refractivity (Wildman–Crippen MR) is 72.4 cm³/mol. The predicted octanol–water partition coefficient (Wildman–Crippen LogP) is 2.76. The van der Waals surface area contributed by atoms with Gasteiger partial charge in [-0.05, 0) is 13.3 Å². The van der Waals surface area contributed by atoms with Gasteiger partial charge in [0.05, 0.1) is 12.8 Å². The van der Waals surface area contributed by atoms with E-state index in [1.165, 1.54) is 6.20 Å². The molecule has 0 aliphatic heterocycles. The van der Waals surface area contributed by atoms with Crippen LogP contribution in [0.2, 0.25) is 5.02 Å². The lowest BCUT2D eigenvalue weighted by atomic mass is 10.4. The first-order valence-corrected chi connectivity index (χ1v) is 6.62. The van der Waals surface area contributed by atoms with E-state index in [0.29, 0.717) is 30.1 Å². The summed E-state index contributed by atoms with van der Waals surface area (Å²) in [5.74, 6) is 0.908. The molecule has 0 saturated heterocycles. The van der Waals surface area contributed by atoms with Crippen LogP contribution in [0.5, 0.6) is 5.88 Å². The fourth-order valence-corrected chi connectivity index (χ4v) is 1.39. The highest BCUT2D eigenvalue weighted by Crippen LogP contribution is 2.21. The number of ether oxygens (including phenoxy) is 2. The summed E-state index contributed by atoms with van der Waals surface area (Å²) in [5.41, 5.74) is 0. The van der Waals surface area contributed by atoms with Crippen molar-refractivity contribution in [2.45, 2.75) is 26.7 Å². The molecule has 0 fully saturated rings. The van der Waals surface area contributed by atoms with Crippen molar-refractivity contribution in [3.63, 3.8) is 0 Å². The van der Waals surface area contributed by atoms with Gasteiger partial charge in [-0.1, -0.05) is 24.9 Å². The van der Waals surface area contributed by atoms with Crippen molar-refractivity contribution < 1.29 is 9.47 Å². The smallest absolute Gasteiger partial charge is 0.237 e. The first-order valence-electron chi connectivity index (χ1n) is 6.24. The lowest BCUT2D eigenvalue weighted by Crippen LogP contribution is -2.10. The molecule has 0 unspecified atom stereocenters. The zero-order chi connectivity index (χ0) is 13.2. The quantitative estimate of drug-likeness (QED) is 0.701. The molecular weight excluding hydrogens is 254 g/mol. The molecule has 0 spiro atoms. The van der Waals surface area contributed by atoms with Gasteiger partial charge < -0.3 is 14.8 Å². The first kappa shape index (κ1) is 15.0. The van der Waals surface area contributed by atoms with Gasteiger partial charge in [-0.3, -0.25) is 0 Å². The monoisotopic (exact) mass is 273 g/mol. The van der Waals surface area contributed by atoms with Crippen LogP contribution in [0.25, 0.3) is 0 Å². The summed E-state index contributed by atoms with van der Waals surface area (Å²) in [5, 5.41) is 3.41. The van der Waals surface area contributed by atoms with Crippen LogP contribution in [0.3, 0.4) is 0 Å². The maximum Gasteiger partial charge on any atom is 0.237 e. The molecule has 0 radical (unpaired) electrons. The summed E-state index contributed by atoms with van der Waals surface area (Å²) in [6.45, 7) is 6.59. The summed E-state index contributed by atoms with van der Waals surface area (Å²) in [7, 11) is 0. The number of hydrogen-bond acceptors (Lipinski definition) is 5. The van der Waals surface area contributed by atoms with Crippen molar-refractivity contribution in [3.05, 3.63) is 11.2 Å². The van der Waals surface area contributed by atoms with E-state index >= 15 is 0 Å². The first-order chi connectivity index (χ1) is 8.77. The zero-order valence-corrected chi connectivity index (χ0v) is 11.7. The fourth-order valence-electron chi connectivity index (χ4n) is 1.24. The normalized spacial score (nSPS) is 10.4. The molecule has 1 heterocycles. The minimum atomic E-state index is 0.390. The van der Waals surface area contributed by atoms with Crippen LogP contribution in [0, 0.1) is 0 Å². The lowest BCUT2D eigenvalue weighted by molar-refractivity contribution is 0.0965. The van der Waals surface area contributed by atoms with Crippen molar-refractivity contribution in [3.8, 4) is 5.88 Å². The Balaban J connectivity index is 2.34. The molecule has 1 N–H and O–H groups in total. The van der Waals surface area contributed by atoms with Gasteiger partial charge in [-0.15, -0.1) is 0 Å². The highest BCUT2D eigenvalue weighted by molar-refractivity contribution is 6.31. The second-order valence-electron chi connectivity index (χ2n) is 3.69. The Hall–Kier alpha value is -1.07. The number of nitrogens with zero attached hydrogens (tertiary/aromatic N) is 2. The van der Waals surface area contributed by atoms with Crippen LogP contribution in [0.1, 0.15) is 26.7 Å². The van der Waals surface area contributed by atoms with Crippen LogP contribution >= 0.6 is 11.6 Å². The van der Waals surface area contributed by atoms with Crippen molar-refractivity contribution >= 4 is 17.5 Å². The minimum absolute atomic E-state index is 0.390.